The summed E-state index contributed by atoms with van der Waals surface area (Å²) in [6, 6.07) is 3.07. The standard InChI is InChI=1S/C12H14N2O6/c1-12(2,3)20-11(17)13-8-4-7(10(15)16)5-9(6-8)14(18)19/h4-6H,1-3H3,(H,13,17)(H,15,16). The van der Waals surface area contributed by atoms with Crippen molar-refractivity contribution in [3.8, 4) is 0 Å². The van der Waals surface area contributed by atoms with Crippen LogP contribution in [0.4, 0.5) is 16.2 Å². The third-order valence-corrected chi connectivity index (χ3v) is 2.02. The van der Waals surface area contributed by atoms with Gasteiger partial charge in [0, 0.05) is 12.1 Å². The molecule has 0 saturated heterocycles. The Morgan fingerprint density at radius 3 is 2.35 bits per heavy atom. The number of nitro benzene ring substituents is 1. The average Bonchev–Trinajstić information content (AvgIpc) is 2.25. The third-order valence-electron chi connectivity index (χ3n) is 2.02. The number of carboxylic acids is 1. The van der Waals surface area contributed by atoms with Crippen LogP contribution in [0, 0.1) is 10.1 Å². The first-order chi connectivity index (χ1) is 9.08. The van der Waals surface area contributed by atoms with Gasteiger partial charge in [-0.15, -0.1) is 0 Å². The molecule has 0 fully saturated rings. The Kier molecular flexibility index (Phi) is 4.28. The van der Waals surface area contributed by atoms with Gasteiger partial charge in [-0.3, -0.25) is 15.4 Å². The number of hydrogen-bond donors (Lipinski definition) is 2. The summed E-state index contributed by atoms with van der Waals surface area (Å²) in [5.41, 5.74) is -1.49. The number of non-ortho nitro benzene ring substituents is 1. The van der Waals surface area contributed by atoms with Crippen molar-refractivity contribution in [1.29, 1.82) is 0 Å². The molecule has 20 heavy (non-hydrogen) atoms. The minimum absolute atomic E-state index is 0.0224. The number of carbonyl (C=O) groups excluding carboxylic acids is 1. The molecule has 0 saturated carbocycles. The summed E-state index contributed by atoms with van der Waals surface area (Å²) < 4.78 is 4.98. The Bertz CT molecular complexity index is 529. The Labute approximate surface area is 114 Å². The number of benzene rings is 1. The Morgan fingerprint density at radius 1 is 1.30 bits per heavy atom. The van der Waals surface area contributed by atoms with Crippen LogP contribution in [-0.2, 0) is 4.74 Å². The van der Waals surface area contributed by atoms with Crippen LogP contribution in [0.25, 0.3) is 0 Å². The highest BCUT2D eigenvalue weighted by atomic mass is 16.6. The van der Waals surface area contributed by atoms with Crippen LogP contribution in [0.15, 0.2) is 18.2 Å². The van der Waals surface area contributed by atoms with Crippen molar-refractivity contribution in [1.82, 2.24) is 0 Å². The smallest absolute Gasteiger partial charge is 0.412 e. The number of rotatable bonds is 3. The predicted octanol–water partition coefficient (Wildman–Crippen LogP) is 2.64. The second-order valence-corrected chi connectivity index (χ2v) is 4.96. The second kappa shape index (κ2) is 5.55. The number of carboxylic acid groups (broad SMARTS) is 1. The number of nitrogens with one attached hydrogen (secondary N) is 1. The van der Waals surface area contributed by atoms with Gasteiger partial charge in [0.2, 0.25) is 0 Å². The van der Waals surface area contributed by atoms with Crippen molar-refractivity contribution in [3.05, 3.63) is 33.9 Å². The summed E-state index contributed by atoms with van der Waals surface area (Å²) in [5, 5.41) is 21.8. The van der Waals surface area contributed by atoms with Gasteiger partial charge in [0.25, 0.3) is 5.69 Å². The topological polar surface area (TPSA) is 119 Å². The number of nitro groups is 1. The van der Waals surface area contributed by atoms with Crippen LogP contribution in [-0.4, -0.2) is 27.7 Å². The molecule has 108 valence electrons. The molecule has 0 aliphatic heterocycles. The highest BCUT2D eigenvalue weighted by Gasteiger charge is 2.19. The number of anilines is 1. The molecular formula is C12H14N2O6. The molecule has 0 aliphatic rings. The van der Waals surface area contributed by atoms with Crippen molar-refractivity contribution < 1.29 is 24.4 Å². The maximum absolute atomic E-state index is 11.5. The molecule has 0 aromatic heterocycles. The summed E-state index contributed by atoms with van der Waals surface area (Å²) in [6.07, 6.45) is -0.825. The molecule has 0 unspecified atom stereocenters. The van der Waals surface area contributed by atoms with Crippen LogP contribution in [0.3, 0.4) is 0 Å². The van der Waals surface area contributed by atoms with Gasteiger partial charge in [-0.1, -0.05) is 0 Å². The minimum Gasteiger partial charge on any atom is -0.478 e. The zero-order chi connectivity index (χ0) is 15.5. The molecule has 0 atom stereocenters. The molecule has 0 aliphatic carbocycles. The van der Waals surface area contributed by atoms with Crippen molar-refractivity contribution in [2.24, 2.45) is 0 Å². The fourth-order valence-electron chi connectivity index (χ4n) is 1.33. The van der Waals surface area contributed by atoms with Gasteiger partial charge in [-0.2, -0.15) is 0 Å². The molecule has 1 aromatic rings. The van der Waals surface area contributed by atoms with E-state index in [1.165, 1.54) is 0 Å². The second-order valence-electron chi connectivity index (χ2n) is 4.96. The number of hydrogen-bond acceptors (Lipinski definition) is 5. The highest BCUT2D eigenvalue weighted by Crippen LogP contribution is 2.21. The van der Waals surface area contributed by atoms with Crippen molar-refractivity contribution in [3.63, 3.8) is 0 Å². The average molecular weight is 282 g/mol. The third kappa shape index (κ3) is 4.56. The molecule has 8 heteroatoms. The number of aromatic carboxylic acids is 1. The summed E-state index contributed by atoms with van der Waals surface area (Å²) in [6.45, 7) is 4.97. The van der Waals surface area contributed by atoms with Gasteiger partial charge in [0.05, 0.1) is 16.2 Å². The van der Waals surface area contributed by atoms with Crippen LogP contribution in [0.1, 0.15) is 31.1 Å². The summed E-state index contributed by atoms with van der Waals surface area (Å²) in [5.74, 6) is -1.33. The van der Waals surface area contributed by atoms with Crippen LogP contribution >= 0.6 is 0 Å². The van der Waals surface area contributed by atoms with Crippen LogP contribution in [0.2, 0.25) is 0 Å². The lowest BCUT2D eigenvalue weighted by Crippen LogP contribution is -2.27. The van der Waals surface area contributed by atoms with Gasteiger partial charge in [-0.05, 0) is 26.8 Å². The van der Waals surface area contributed by atoms with E-state index in [-0.39, 0.29) is 11.3 Å². The number of nitrogens with zero attached hydrogens (tertiary/aromatic N) is 1. The van der Waals surface area contributed by atoms with Crippen molar-refractivity contribution >= 4 is 23.4 Å². The number of amides is 1. The molecular weight excluding hydrogens is 268 g/mol. The molecule has 1 amide bonds. The Balaban J connectivity index is 3.03. The number of ether oxygens (including phenoxy) is 1. The van der Waals surface area contributed by atoms with E-state index in [4.69, 9.17) is 9.84 Å². The monoisotopic (exact) mass is 282 g/mol. The molecule has 8 nitrogen and oxygen atoms in total. The van der Waals surface area contributed by atoms with E-state index < -0.39 is 28.3 Å². The van der Waals surface area contributed by atoms with Gasteiger partial charge in [0.15, 0.2) is 0 Å². The molecule has 0 radical (unpaired) electrons. The van der Waals surface area contributed by atoms with E-state index in [1.807, 2.05) is 0 Å². The predicted molar refractivity (Wildman–Crippen MR) is 69.9 cm³/mol. The Hall–Kier alpha value is -2.64. The lowest BCUT2D eigenvalue weighted by Gasteiger charge is -2.19. The van der Waals surface area contributed by atoms with Crippen molar-refractivity contribution in [2.45, 2.75) is 26.4 Å². The molecule has 0 bridgehead atoms. The highest BCUT2D eigenvalue weighted by molar-refractivity contribution is 5.92. The fraction of sp³-hybridized carbons (Fsp3) is 0.333. The maximum atomic E-state index is 11.5. The van der Waals surface area contributed by atoms with Gasteiger partial charge < -0.3 is 9.84 Å². The lowest BCUT2D eigenvalue weighted by molar-refractivity contribution is -0.384. The summed E-state index contributed by atoms with van der Waals surface area (Å²) >= 11 is 0. The first kappa shape index (κ1) is 15.4. The van der Waals surface area contributed by atoms with Gasteiger partial charge in [0.1, 0.15) is 5.60 Å². The SMILES string of the molecule is CC(C)(C)OC(=O)Nc1cc(C(=O)O)cc([N+](=O)[O-])c1. The zero-order valence-corrected chi connectivity index (χ0v) is 11.2. The quantitative estimate of drug-likeness (QED) is 0.649. The molecule has 0 spiro atoms. The Morgan fingerprint density at radius 2 is 1.90 bits per heavy atom. The summed E-state index contributed by atoms with van der Waals surface area (Å²) in [4.78, 5) is 32.4. The lowest BCUT2D eigenvalue weighted by atomic mass is 10.1. The first-order valence-electron chi connectivity index (χ1n) is 5.61. The molecule has 1 aromatic carbocycles. The number of carbonyl (C=O) groups is 2. The van der Waals surface area contributed by atoms with E-state index in [1.54, 1.807) is 20.8 Å². The maximum Gasteiger partial charge on any atom is 0.412 e. The van der Waals surface area contributed by atoms with E-state index in [2.05, 4.69) is 5.32 Å². The minimum atomic E-state index is -1.33. The van der Waals surface area contributed by atoms with Gasteiger partial charge in [-0.25, -0.2) is 9.59 Å². The van der Waals surface area contributed by atoms with Crippen LogP contribution < -0.4 is 5.32 Å². The van der Waals surface area contributed by atoms with E-state index in [0.717, 1.165) is 18.2 Å². The van der Waals surface area contributed by atoms with E-state index >= 15 is 0 Å². The largest absolute Gasteiger partial charge is 0.478 e. The summed E-state index contributed by atoms with van der Waals surface area (Å²) in [7, 11) is 0. The van der Waals surface area contributed by atoms with Gasteiger partial charge >= 0.3 is 12.1 Å². The zero-order valence-electron chi connectivity index (χ0n) is 11.2. The molecule has 2 N–H and O–H groups in total. The first-order valence-corrected chi connectivity index (χ1v) is 5.61. The molecule has 0 heterocycles. The normalized spacial score (nSPS) is 10.8. The van der Waals surface area contributed by atoms with Crippen LogP contribution in [0.5, 0.6) is 0 Å². The van der Waals surface area contributed by atoms with Crippen molar-refractivity contribution in [2.75, 3.05) is 5.32 Å². The van der Waals surface area contributed by atoms with E-state index in [0.29, 0.717) is 0 Å². The molecule has 1 rings (SSSR count). The van der Waals surface area contributed by atoms with E-state index in [9.17, 15) is 19.7 Å². The fourth-order valence-corrected chi connectivity index (χ4v) is 1.33.